The number of carbonyl (C=O) groups excluding carboxylic acids is 2. The predicted octanol–water partition coefficient (Wildman–Crippen LogP) is 1.76. The van der Waals surface area contributed by atoms with Crippen LogP contribution >= 0.6 is 0 Å². The molecule has 2 heterocycles. The fraction of sp³-hybridized carbons (Fsp3) is 0.412. The molecule has 0 unspecified atom stereocenters. The van der Waals surface area contributed by atoms with Crippen LogP contribution in [-0.4, -0.2) is 69.6 Å². The second-order valence-electron chi connectivity index (χ2n) is 6.57. The molecule has 2 atom stereocenters. The summed E-state index contributed by atoms with van der Waals surface area (Å²) in [5.74, 6) is -0.869. The van der Waals surface area contributed by atoms with Crippen molar-refractivity contribution in [3.05, 3.63) is 42.0 Å². The van der Waals surface area contributed by atoms with Crippen LogP contribution in [0.15, 0.2) is 30.5 Å². The van der Waals surface area contributed by atoms with E-state index in [1.807, 2.05) is 0 Å². The minimum atomic E-state index is -1.19. The Kier molecular flexibility index (Phi) is 5.33. The standard InChI is InChI=1S/C17H20F2N6O2/c1-23(2)16(26)15-10-24(22-21-15)9-12-7-11(18)8-25(12)17(27)20-14-6-4-3-5-13(14)19/h3-6,10-12H,7-9H2,1-2H3,(H,20,27)/t11-,12-/m0/s1. The van der Waals surface area contributed by atoms with E-state index in [9.17, 15) is 18.4 Å². The summed E-state index contributed by atoms with van der Waals surface area (Å²) in [5, 5.41) is 10.2. The molecule has 3 rings (SSSR count). The molecular weight excluding hydrogens is 358 g/mol. The summed E-state index contributed by atoms with van der Waals surface area (Å²) in [7, 11) is 3.20. The summed E-state index contributed by atoms with van der Waals surface area (Å²) in [5.41, 5.74) is 0.195. The molecule has 1 aliphatic rings. The van der Waals surface area contributed by atoms with Gasteiger partial charge in [0.15, 0.2) is 5.69 Å². The van der Waals surface area contributed by atoms with Crippen LogP contribution in [0.2, 0.25) is 0 Å². The van der Waals surface area contributed by atoms with Gasteiger partial charge in [0.1, 0.15) is 12.0 Å². The molecule has 0 spiro atoms. The summed E-state index contributed by atoms with van der Waals surface area (Å²) in [6, 6.07) is 4.69. The summed E-state index contributed by atoms with van der Waals surface area (Å²) >= 11 is 0. The van der Waals surface area contributed by atoms with Crippen molar-refractivity contribution in [2.24, 2.45) is 0 Å². The normalized spacial score (nSPS) is 19.2. The number of aromatic nitrogens is 3. The van der Waals surface area contributed by atoms with E-state index in [1.54, 1.807) is 20.2 Å². The molecule has 1 aliphatic heterocycles. The molecule has 10 heteroatoms. The Morgan fingerprint density at radius 1 is 1.33 bits per heavy atom. The highest BCUT2D eigenvalue weighted by Gasteiger charge is 2.36. The maximum absolute atomic E-state index is 13.9. The van der Waals surface area contributed by atoms with Crippen molar-refractivity contribution in [2.45, 2.75) is 25.2 Å². The molecule has 27 heavy (non-hydrogen) atoms. The van der Waals surface area contributed by atoms with E-state index >= 15 is 0 Å². The highest BCUT2D eigenvalue weighted by molar-refractivity contribution is 5.91. The largest absolute Gasteiger partial charge is 0.343 e. The smallest absolute Gasteiger partial charge is 0.322 e. The Hall–Kier alpha value is -3.04. The third-order valence-corrected chi connectivity index (χ3v) is 4.30. The average Bonchev–Trinajstić information content (AvgIpc) is 3.23. The predicted molar refractivity (Wildman–Crippen MR) is 93.5 cm³/mol. The van der Waals surface area contributed by atoms with Gasteiger partial charge in [0.2, 0.25) is 0 Å². The lowest BCUT2D eigenvalue weighted by Gasteiger charge is -2.24. The lowest BCUT2D eigenvalue weighted by atomic mass is 10.2. The van der Waals surface area contributed by atoms with Gasteiger partial charge in [-0.1, -0.05) is 17.3 Å². The molecule has 2 aromatic rings. The Labute approximate surface area is 154 Å². The van der Waals surface area contributed by atoms with E-state index in [4.69, 9.17) is 0 Å². The Balaban J connectivity index is 1.70. The number of alkyl halides is 1. The van der Waals surface area contributed by atoms with Gasteiger partial charge in [-0.3, -0.25) is 4.79 Å². The number of nitrogens with zero attached hydrogens (tertiary/aromatic N) is 5. The van der Waals surface area contributed by atoms with Crippen molar-refractivity contribution < 1.29 is 18.4 Å². The fourth-order valence-corrected chi connectivity index (χ4v) is 2.96. The first-order valence-electron chi connectivity index (χ1n) is 8.43. The van der Waals surface area contributed by atoms with Gasteiger partial charge in [0.25, 0.3) is 5.91 Å². The maximum atomic E-state index is 13.9. The number of carbonyl (C=O) groups is 2. The van der Waals surface area contributed by atoms with Crippen molar-refractivity contribution >= 4 is 17.6 Å². The van der Waals surface area contributed by atoms with E-state index in [0.29, 0.717) is 0 Å². The molecule has 144 valence electrons. The lowest BCUT2D eigenvalue weighted by molar-refractivity contribution is 0.0821. The number of urea groups is 1. The molecule has 1 aromatic heterocycles. The molecule has 8 nitrogen and oxygen atoms in total. The zero-order valence-corrected chi connectivity index (χ0v) is 15.0. The second-order valence-corrected chi connectivity index (χ2v) is 6.57. The molecule has 0 aliphatic carbocycles. The van der Waals surface area contributed by atoms with Crippen molar-refractivity contribution in [2.75, 3.05) is 26.0 Å². The minimum absolute atomic E-state index is 0.0307. The number of halogens is 2. The van der Waals surface area contributed by atoms with Crippen molar-refractivity contribution in [3.8, 4) is 0 Å². The maximum Gasteiger partial charge on any atom is 0.322 e. The number of likely N-dealkylation sites (tertiary alicyclic amines) is 1. The van der Waals surface area contributed by atoms with E-state index in [2.05, 4.69) is 15.6 Å². The molecular formula is C17H20F2N6O2. The number of amides is 3. The van der Waals surface area contributed by atoms with Crippen molar-refractivity contribution in [1.82, 2.24) is 24.8 Å². The zero-order valence-electron chi connectivity index (χ0n) is 15.0. The summed E-state index contributed by atoms with van der Waals surface area (Å²) in [6.45, 7) is 0.0853. The monoisotopic (exact) mass is 378 g/mol. The van der Waals surface area contributed by atoms with Gasteiger partial charge in [-0.2, -0.15) is 0 Å². The van der Waals surface area contributed by atoms with Crippen LogP contribution in [0.1, 0.15) is 16.9 Å². The van der Waals surface area contributed by atoms with Crippen LogP contribution in [0.25, 0.3) is 0 Å². The van der Waals surface area contributed by atoms with Crippen LogP contribution < -0.4 is 5.32 Å². The van der Waals surface area contributed by atoms with E-state index < -0.39 is 24.1 Å². The van der Waals surface area contributed by atoms with Gasteiger partial charge in [-0.25, -0.2) is 18.3 Å². The number of rotatable bonds is 4. The number of benzene rings is 1. The molecule has 1 fully saturated rings. The van der Waals surface area contributed by atoms with Gasteiger partial charge < -0.3 is 15.1 Å². The van der Waals surface area contributed by atoms with Gasteiger partial charge in [0, 0.05) is 20.5 Å². The van der Waals surface area contributed by atoms with Crippen molar-refractivity contribution in [3.63, 3.8) is 0 Å². The molecule has 3 amide bonds. The highest BCUT2D eigenvalue weighted by Crippen LogP contribution is 2.23. The first-order valence-corrected chi connectivity index (χ1v) is 8.43. The summed E-state index contributed by atoms with van der Waals surface area (Å²) in [6.07, 6.45) is 0.398. The van der Waals surface area contributed by atoms with E-state index in [0.717, 1.165) is 0 Å². The topological polar surface area (TPSA) is 83.4 Å². The van der Waals surface area contributed by atoms with E-state index in [-0.39, 0.29) is 36.8 Å². The fourth-order valence-electron chi connectivity index (χ4n) is 2.96. The molecule has 0 bridgehead atoms. The van der Waals surface area contributed by atoms with Gasteiger partial charge >= 0.3 is 6.03 Å². The first-order chi connectivity index (χ1) is 12.8. The lowest BCUT2D eigenvalue weighted by Crippen LogP contribution is -2.41. The zero-order chi connectivity index (χ0) is 19.6. The van der Waals surface area contributed by atoms with Crippen LogP contribution in [0.5, 0.6) is 0 Å². The molecule has 0 saturated carbocycles. The first kappa shape index (κ1) is 18.7. The Morgan fingerprint density at radius 3 is 2.78 bits per heavy atom. The van der Waals surface area contributed by atoms with Gasteiger partial charge in [-0.15, -0.1) is 5.10 Å². The number of nitrogens with one attached hydrogen (secondary N) is 1. The quantitative estimate of drug-likeness (QED) is 0.879. The number of hydrogen-bond donors (Lipinski definition) is 1. The third kappa shape index (κ3) is 4.21. The molecule has 1 N–H and O–H groups in total. The number of hydrogen-bond acceptors (Lipinski definition) is 4. The van der Waals surface area contributed by atoms with Crippen LogP contribution in [0.3, 0.4) is 0 Å². The van der Waals surface area contributed by atoms with E-state index in [1.165, 1.54) is 38.9 Å². The van der Waals surface area contributed by atoms with Gasteiger partial charge in [-0.05, 0) is 12.1 Å². The van der Waals surface area contributed by atoms with Crippen LogP contribution in [-0.2, 0) is 6.54 Å². The molecule has 0 radical (unpaired) electrons. The molecule has 1 saturated heterocycles. The van der Waals surface area contributed by atoms with Crippen LogP contribution in [0.4, 0.5) is 19.3 Å². The Morgan fingerprint density at radius 2 is 2.07 bits per heavy atom. The van der Waals surface area contributed by atoms with Crippen LogP contribution in [0, 0.1) is 5.82 Å². The van der Waals surface area contributed by atoms with Gasteiger partial charge in [0.05, 0.1) is 31.0 Å². The third-order valence-electron chi connectivity index (χ3n) is 4.30. The minimum Gasteiger partial charge on any atom is -0.343 e. The number of anilines is 1. The van der Waals surface area contributed by atoms with Crippen molar-refractivity contribution in [1.29, 1.82) is 0 Å². The average molecular weight is 378 g/mol. The summed E-state index contributed by atoms with van der Waals surface area (Å²) in [4.78, 5) is 27.1. The summed E-state index contributed by atoms with van der Waals surface area (Å²) < 4.78 is 29.1. The SMILES string of the molecule is CN(C)C(=O)c1cn(C[C@@H]2C[C@H](F)CN2C(=O)Nc2ccccc2F)nn1. The Bertz CT molecular complexity index is 840. The molecule has 1 aromatic carbocycles. The highest BCUT2D eigenvalue weighted by atomic mass is 19.1. The second kappa shape index (κ2) is 7.68. The number of para-hydroxylation sites is 1.